The van der Waals surface area contributed by atoms with Crippen LogP contribution in [0.4, 0.5) is 5.82 Å². The first-order valence-electron chi connectivity index (χ1n) is 6.51. The molecule has 0 aliphatic heterocycles. The minimum atomic E-state index is -0.583. The van der Waals surface area contributed by atoms with Crippen molar-refractivity contribution >= 4 is 11.7 Å². The number of pyridine rings is 1. The summed E-state index contributed by atoms with van der Waals surface area (Å²) in [5.41, 5.74) is 2.20. The number of benzene rings is 1. The van der Waals surface area contributed by atoms with E-state index >= 15 is 0 Å². The molecule has 0 aliphatic carbocycles. The van der Waals surface area contributed by atoms with E-state index in [0.717, 1.165) is 11.1 Å². The molecule has 1 heterocycles. The van der Waals surface area contributed by atoms with Gasteiger partial charge in [-0.2, -0.15) is 0 Å². The summed E-state index contributed by atoms with van der Waals surface area (Å²) in [6.45, 7) is 5.66. The van der Waals surface area contributed by atoms with Gasteiger partial charge >= 0.3 is 0 Å². The summed E-state index contributed by atoms with van der Waals surface area (Å²) in [7, 11) is 0. The zero-order valence-electron chi connectivity index (χ0n) is 11.9. The van der Waals surface area contributed by atoms with Crippen LogP contribution in [0.1, 0.15) is 18.1 Å². The highest BCUT2D eigenvalue weighted by Crippen LogP contribution is 2.14. The largest absolute Gasteiger partial charge is 0.481 e. The molecule has 0 bridgehead atoms. The standard InChI is InChI=1S/C16H18N2O2/c1-11-4-6-14(7-5-11)20-13(3)16(19)18-15-10-12(2)8-9-17-15/h4-10,13H,1-3H3,(H,17,18,19)/t13-/m0/s1. The number of carbonyl (C=O) groups excluding carboxylic acids is 1. The van der Waals surface area contributed by atoms with Crippen molar-refractivity contribution in [1.29, 1.82) is 0 Å². The number of nitrogens with zero attached hydrogens (tertiary/aromatic N) is 1. The van der Waals surface area contributed by atoms with E-state index in [1.54, 1.807) is 13.1 Å². The van der Waals surface area contributed by atoms with Crippen molar-refractivity contribution in [3.05, 3.63) is 53.7 Å². The molecule has 4 nitrogen and oxygen atoms in total. The second-order valence-corrected chi connectivity index (χ2v) is 4.78. The van der Waals surface area contributed by atoms with Crippen molar-refractivity contribution in [1.82, 2.24) is 4.98 Å². The second kappa shape index (κ2) is 6.19. The molecule has 2 aromatic rings. The van der Waals surface area contributed by atoms with Crippen LogP contribution in [0.3, 0.4) is 0 Å². The van der Waals surface area contributed by atoms with Crippen LogP contribution in [-0.4, -0.2) is 17.0 Å². The fraction of sp³-hybridized carbons (Fsp3) is 0.250. The first kappa shape index (κ1) is 14.1. The average molecular weight is 270 g/mol. The lowest BCUT2D eigenvalue weighted by atomic mass is 10.2. The fourth-order valence-electron chi connectivity index (χ4n) is 1.71. The molecule has 1 aromatic carbocycles. The Morgan fingerprint density at radius 3 is 2.50 bits per heavy atom. The van der Waals surface area contributed by atoms with Gasteiger partial charge in [-0.1, -0.05) is 17.7 Å². The Morgan fingerprint density at radius 1 is 1.15 bits per heavy atom. The summed E-state index contributed by atoms with van der Waals surface area (Å²) in [5.74, 6) is 0.994. The highest BCUT2D eigenvalue weighted by molar-refractivity contribution is 5.93. The summed E-state index contributed by atoms with van der Waals surface area (Å²) in [6.07, 6.45) is 1.08. The Balaban J connectivity index is 1.96. The van der Waals surface area contributed by atoms with Crippen LogP contribution in [0.15, 0.2) is 42.6 Å². The smallest absolute Gasteiger partial charge is 0.266 e. The predicted molar refractivity (Wildman–Crippen MR) is 78.9 cm³/mol. The quantitative estimate of drug-likeness (QED) is 0.928. The van der Waals surface area contributed by atoms with Gasteiger partial charge in [0.1, 0.15) is 11.6 Å². The minimum Gasteiger partial charge on any atom is -0.481 e. The van der Waals surface area contributed by atoms with Crippen LogP contribution in [0.2, 0.25) is 0 Å². The van der Waals surface area contributed by atoms with E-state index in [0.29, 0.717) is 11.6 Å². The monoisotopic (exact) mass is 270 g/mol. The summed E-state index contributed by atoms with van der Waals surface area (Å²) >= 11 is 0. The Bertz CT molecular complexity index is 594. The van der Waals surface area contributed by atoms with Gasteiger partial charge in [0.05, 0.1) is 0 Å². The lowest BCUT2D eigenvalue weighted by molar-refractivity contribution is -0.122. The number of ether oxygens (including phenoxy) is 1. The van der Waals surface area contributed by atoms with E-state index in [1.807, 2.05) is 50.2 Å². The molecule has 0 fully saturated rings. The number of carbonyl (C=O) groups is 1. The maximum atomic E-state index is 12.0. The fourth-order valence-corrected chi connectivity index (χ4v) is 1.71. The zero-order valence-corrected chi connectivity index (χ0v) is 11.9. The Hall–Kier alpha value is -2.36. The van der Waals surface area contributed by atoms with Crippen LogP contribution in [0.5, 0.6) is 5.75 Å². The molecule has 0 saturated heterocycles. The molecule has 0 radical (unpaired) electrons. The van der Waals surface area contributed by atoms with Crippen molar-refractivity contribution in [3.8, 4) is 5.75 Å². The zero-order chi connectivity index (χ0) is 14.5. The molecular formula is C16H18N2O2. The first-order valence-corrected chi connectivity index (χ1v) is 6.51. The number of rotatable bonds is 4. The number of hydrogen-bond acceptors (Lipinski definition) is 3. The Kier molecular flexibility index (Phi) is 4.35. The van der Waals surface area contributed by atoms with Gasteiger partial charge in [0, 0.05) is 6.20 Å². The third-order valence-corrected chi connectivity index (χ3v) is 2.87. The van der Waals surface area contributed by atoms with E-state index in [2.05, 4.69) is 10.3 Å². The second-order valence-electron chi connectivity index (χ2n) is 4.78. The van der Waals surface area contributed by atoms with Crippen LogP contribution in [-0.2, 0) is 4.79 Å². The molecule has 1 aromatic heterocycles. The van der Waals surface area contributed by atoms with Gasteiger partial charge in [-0.3, -0.25) is 4.79 Å². The lowest BCUT2D eigenvalue weighted by Crippen LogP contribution is -2.30. The predicted octanol–water partition coefficient (Wildman–Crippen LogP) is 3.10. The van der Waals surface area contributed by atoms with Gasteiger partial charge in [0.15, 0.2) is 6.10 Å². The molecule has 20 heavy (non-hydrogen) atoms. The van der Waals surface area contributed by atoms with E-state index < -0.39 is 6.10 Å². The van der Waals surface area contributed by atoms with Gasteiger partial charge in [-0.15, -0.1) is 0 Å². The van der Waals surface area contributed by atoms with Crippen LogP contribution < -0.4 is 10.1 Å². The van der Waals surface area contributed by atoms with Crippen LogP contribution in [0.25, 0.3) is 0 Å². The summed E-state index contributed by atoms with van der Waals surface area (Å²) < 4.78 is 5.59. The van der Waals surface area contributed by atoms with Gasteiger partial charge in [-0.25, -0.2) is 4.98 Å². The van der Waals surface area contributed by atoms with Crippen molar-refractivity contribution < 1.29 is 9.53 Å². The van der Waals surface area contributed by atoms with Crippen molar-refractivity contribution in [2.45, 2.75) is 26.9 Å². The molecule has 2 rings (SSSR count). The number of aromatic nitrogens is 1. The SMILES string of the molecule is Cc1ccc(O[C@@H](C)C(=O)Nc2cc(C)ccn2)cc1. The molecular weight excluding hydrogens is 252 g/mol. The third kappa shape index (κ3) is 3.82. The molecule has 1 amide bonds. The number of hydrogen-bond donors (Lipinski definition) is 1. The molecule has 0 spiro atoms. The van der Waals surface area contributed by atoms with Gasteiger partial charge in [0.2, 0.25) is 0 Å². The minimum absolute atomic E-state index is 0.219. The van der Waals surface area contributed by atoms with Gasteiger partial charge in [-0.05, 0) is 50.6 Å². The van der Waals surface area contributed by atoms with Crippen molar-refractivity contribution in [2.75, 3.05) is 5.32 Å². The van der Waals surface area contributed by atoms with Crippen LogP contribution >= 0.6 is 0 Å². The highest BCUT2D eigenvalue weighted by Gasteiger charge is 2.15. The normalized spacial score (nSPS) is 11.8. The summed E-state index contributed by atoms with van der Waals surface area (Å²) in [6, 6.07) is 11.3. The molecule has 1 atom stereocenters. The van der Waals surface area contributed by atoms with Gasteiger partial charge in [0.25, 0.3) is 5.91 Å². The van der Waals surface area contributed by atoms with E-state index in [1.165, 1.54) is 0 Å². The lowest BCUT2D eigenvalue weighted by Gasteiger charge is -2.14. The molecule has 104 valence electrons. The van der Waals surface area contributed by atoms with E-state index in [-0.39, 0.29) is 5.91 Å². The molecule has 0 unspecified atom stereocenters. The average Bonchev–Trinajstić information content (AvgIpc) is 2.41. The third-order valence-electron chi connectivity index (χ3n) is 2.87. The number of nitrogens with one attached hydrogen (secondary N) is 1. The van der Waals surface area contributed by atoms with Crippen molar-refractivity contribution in [3.63, 3.8) is 0 Å². The summed E-state index contributed by atoms with van der Waals surface area (Å²) in [5, 5.41) is 2.74. The molecule has 1 N–H and O–H groups in total. The summed E-state index contributed by atoms with van der Waals surface area (Å²) in [4.78, 5) is 16.1. The topological polar surface area (TPSA) is 51.2 Å². The van der Waals surface area contributed by atoms with E-state index in [4.69, 9.17) is 4.74 Å². The first-order chi connectivity index (χ1) is 9.54. The Morgan fingerprint density at radius 2 is 1.85 bits per heavy atom. The molecule has 0 saturated carbocycles. The molecule has 4 heteroatoms. The maximum absolute atomic E-state index is 12.0. The molecule has 0 aliphatic rings. The number of aryl methyl sites for hydroxylation is 2. The highest BCUT2D eigenvalue weighted by atomic mass is 16.5. The Labute approximate surface area is 118 Å². The van der Waals surface area contributed by atoms with Crippen LogP contribution in [0, 0.1) is 13.8 Å². The number of amides is 1. The van der Waals surface area contributed by atoms with Crippen molar-refractivity contribution in [2.24, 2.45) is 0 Å². The van der Waals surface area contributed by atoms with Gasteiger partial charge < -0.3 is 10.1 Å². The maximum Gasteiger partial charge on any atom is 0.266 e. The van der Waals surface area contributed by atoms with E-state index in [9.17, 15) is 4.79 Å². The number of anilines is 1.